The Kier molecular flexibility index (Phi) is 7.01. The van der Waals surface area contributed by atoms with Crippen molar-refractivity contribution in [3.05, 3.63) is 33.9 Å². The van der Waals surface area contributed by atoms with Gasteiger partial charge in [-0.05, 0) is 30.9 Å². The molecule has 0 amide bonds. The molecule has 5 heteroatoms. The van der Waals surface area contributed by atoms with E-state index in [1.165, 1.54) is 0 Å². The fraction of sp³-hybridized carbons (Fsp3) is 0.600. The van der Waals surface area contributed by atoms with Gasteiger partial charge in [-0.3, -0.25) is 10.1 Å². The first-order chi connectivity index (χ1) is 9.58. The number of nitro groups is 1. The summed E-state index contributed by atoms with van der Waals surface area (Å²) < 4.78 is 5.63. The van der Waals surface area contributed by atoms with E-state index in [4.69, 9.17) is 4.74 Å². The molecule has 0 radical (unpaired) electrons. The predicted octanol–water partition coefficient (Wildman–Crippen LogP) is 3.98. The molecule has 1 aromatic carbocycles. The van der Waals surface area contributed by atoms with Gasteiger partial charge in [0.05, 0.1) is 11.5 Å². The molecule has 5 nitrogen and oxygen atoms in total. The number of ether oxygens (including phenoxy) is 1. The number of hydrogen-bond acceptors (Lipinski definition) is 4. The molecule has 0 aliphatic rings. The molecule has 20 heavy (non-hydrogen) atoms. The SMILES string of the molecule is CCCC(C)COCc1ccc(NCC)c([N+](=O)[O-])c1. The van der Waals surface area contributed by atoms with Crippen molar-refractivity contribution in [3.63, 3.8) is 0 Å². The molecule has 1 N–H and O–H groups in total. The summed E-state index contributed by atoms with van der Waals surface area (Å²) in [5.41, 5.74) is 1.50. The average molecular weight is 280 g/mol. The monoisotopic (exact) mass is 280 g/mol. The molecule has 0 bridgehead atoms. The summed E-state index contributed by atoms with van der Waals surface area (Å²) in [6, 6.07) is 5.20. The summed E-state index contributed by atoms with van der Waals surface area (Å²) in [6.07, 6.45) is 2.28. The van der Waals surface area contributed by atoms with Gasteiger partial charge in [0.2, 0.25) is 0 Å². The first-order valence-corrected chi connectivity index (χ1v) is 7.17. The molecule has 1 unspecified atom stereocenters. The van der Waals surface area contributed by atoms with Crippen molar-refractivity contribution in [2.45, 2.75) is 40.2 Å². The van der Waals surface area contributed by atoms with Crippen LogP contribution in [0.4, 0.5) is 11.4 Å². The highest BCUT2D eigenvalue weighted by Crippen LogP contribution is 2.25. The van der Waals surface area contributed by atoms with E-state index in [9.17, 15) is 10.1 Å². The highest BCUT2D eigenvalue weighted by molar-refractivity contribution is 5.62. The summed E-state index contributed by atoms with van der Waals surface area (Å²) in [6.45, 7) is 7.98. The van der Waals surface area contributed by atoms with Gasteiger partial charge in [0, 0.05) is 19.2 Å². The van der Waals surface area contributed by atoms with Crippen molar-refractivity contribution < 1.29 is 9.66 Å². The van der Waals surface area contributed by atoms with Gasteiger partial charge in [0.15, 0.2) is 0 Å². The van der Waals surface area contributed by atoms with Crippen LogP contribution in [0.15, 0.2) is 18.2 Å². The van der Waals surface area contributed by atoms with Crippen LogP contribution in [-0.2, 0) is 11.3 Å². The van der Waals surface area contributed by atoms with Crippen LogP contribution in [0.2, 0.25) is 0 Å². The minimum absolute atomic E-state index is 0.106. The van der Waals surface area contributed by atoms with Gasteiger partial charge in [0.1, 0.15) is 5.69 Å². The van der Waals surface area contributed by atoms with Crippen molar-refractivity contribution in [2.75, 3.05) is 18.5 Å². The quantitative estimate of drug-likeness (QED) is 0.549. The van der Waals surface area contributed by atoms with E-state index < -0.39 is 0 Å². The molecule has 0 aromatic heterocycles. The zero-order chi connectivity index (χ0) is 15.0. The Bertz CT molecular complexity index is 435. The van der Waals surface area contributed by atoms with Crippen molar-refractivity contribution in [3.8, 4) is 0 Å². The van der Waals surface area contributed by atoms with Gasteiger partial charge < -0.3 is 10.1 Å². The molecule has 1 rings (SSSR count). The molecule has 1 atom stereocenters. The van der Waals surface area contributed by atoms with Gasteiger partial charge >= 0.3 is 0 Å². The van der Waals surface area contributed by atoms with Crippen molar-refractivity contribution in [1.82, 2.24) is 0 Å². The Hall–Kier alpha value is -1.62. The third kappa shape index (κ3) is 5.17. The molecule has 1 aromatic rings. The standard InChI is InChI=1S/C15H24N2O3/c1-4-6-12(3)10-20-11-13-7-8-14(16-5-2)15(9-13)17(18)19/h7-9,12,16H,4-6,10-11H2,1-3H3. The van der Waals surface area contributed by atoms with Gasteiger partial charge in [-0.15, -0.1) is 0 Å². The second-order valence-electron chi connectivity index (χ2n) is 5.05. The summed E-state index contributed by atoms with van der Waals surface area (Å²) in [5, 5.41) is 14.0. The smallest absolute Gasteiger partial charge is 0.292 e. The average Bonchev–Trinajstić information content (AvgIpc) is 2.40. The topological polar surface area (TPSA) is 64.4 Å². The molecule has 0 saturated heterocycles. The third-order valence-corrected chi connectivity index (χ3v) is 3.08. The van der Waals surface area contributed by atoms with Gasteiger partial charge in [-0.25, -0.2) is 0 Å². The second kappa shape index (κ2) is 8.53. The van der Waals surface area contributed by atoms with Crippen LogP contribution in [0, 0.1) is 16.0 Å². The molecular formula is C15H24N2O3. The van der Waals surface area contributed by atoms with E-state index in [0.717, 1.165) is 18.4 Å². The number of benzene rings is 1. The van der Waals surface area contributed by atoms with Crippen LogP contribution in [0.1, 0.15) is 39.2 Å². The van der Waals surface area contributed by atoms with Crippen LogP contribution >= 0.6 is 0 Å². The number of nitrogens with zero attached hydrogens (tertiary/aromatic N) is 1. The Morgan fingerprint density at radius 1 is 1.40 bits per heavy atom. The summed E-state index contributed by atoms with van der Waals surface area (Å²) in [5.74, 6) is 0.524. The number of nitrogens with one attached hydrogen (secondary N) is 1. The fourth-order valence-electron chi connectivity index (χ4n) is 2.11. The van der Waals surface area contributed by atoms with Gasteiger partial charge in [-0.2, -0.15) is 0 Å². The number of rotatable bonds is 9. The van der Waals surface area contributed by atoms with Crippen molar-refractivity contribution in [1.29, 1.82) is 0 Å². The maximum absolute atomic E-state index is 11.0. The van der Waals surface area contributed by atoms with E-state index in [-0.39, 0.29) is 10.6 Å². The Morgan fingerprint density at radius 2 is 2.15 bits per heavy atom. The normalized spacial score (nSPS) is 12.2. The first-order valence-electron chi connectivity index (χ1n) is 7.17. The van der Waals surface area contributed by atoms with Crippen LogP contribution in [0.5, 0.6) is 0 Å². The zero-order valence-electron chi connectivity index (χ0n) is 12.5. The molecular weight excluding hydrogens is 256 g/mol. The maximum atomic E-state index is 11.0. The lowest BCUT2D eigenvalue weighted by Gasteiger charge is -2.11. The Balaban J connectivity index is 2.63. The highest BCUT2D eigenvalue weighted by atomic mass is 16.6. The predicted molar refractivity (Wildman–Crippen MR) is 81.0 cm³/mol. The minimum atomic E-state index is -0.360. The lowest BCUT2D eigenvalue weighted by Crippen LogP contribution is -2.06. The van der Waals surface area contributed by atoms with Crippen molar-refractivity contribution >= 4 is 11.4 Å². The van der Waals surface area contributed by atoms with E-state index in [0.29, 0.717) is 31.4 Å². The van der Waals surface area contributed by atoms with E-state index in [1.807, 2.05) is 13.0 Å². The number of nitro benzene ring substituents is 1. The van der Waals surface area contributed by atoms with Crippen LogP contribution < -0.4 is 5.32 Å². The summed E-state index contributed by atoms with van der Waals surface area (Å²) in [4.78, 5) is 10.7. The maximum Gasteiger partial charge on any atom is 0.292 e. The second-order valence-corrected chi connectivity index (χ2v) is 5.05. The van der Waals surface area contributed by atoms with Crippen LogP contribution in [0.3, 0.4) is 0 Å². The molecule has 112 valence electrons. The third-order valence-electron chi connectivity index (χ3n) is 3.08. The lowest BCUT2D eigenvalue weighted by atomic mass is 10.1. The van der Waals surface area contributed by atoms with Crippen LogP contribution in [0.25, 0.3) is 0 Å². The molecule has 0 heterocycles. The Morgan fingerprint density at radius 3 is 2.75 bits per heavy atom. The fourth-order valence-corrected chi connectivity index (χ4v) is 2.11. The van der Waals surface area contributed by atoms with E-state index in [1.54, 1.807) is 12.1 Å². The molecule has 0 aliphatic heterocycles. The van der Waals surface area contributed by atoms with E-state index >= 15 is 0 Å². The molecule has 0 saturated carbocycles. The Labute approximate surface area is 120 Å². The minimum Gasteiger partial charge on any atom is -0.380 e. The highest BCUT2D eigenvalue weighted by Gasteiger charge is 2.14. The number of hydrogen-bond donors (Lipinski definition) is 1. The summed E-state index contributed by atoms with van der Waals surface area (Å²) in [7, 11) is 0. The number of anilines is 1. The van der Waals surface area contributed by atoms with Gasteiger partial charge in [0.25, 0.3) is 5.69 Å². The lowest BCUT2D eigenvalue weighted by molar-refractivity contribution is -0.384. The summed E-state index contributed by atoms with van der Waals surface area (Å²) >= 11 is 0. The van der Waals surface area contributed by atoms with Crippen LogP contribution in [-0.4, -0.2) is 18.1 Å². The molecule has 0 aliphatic carbocycles. The largest absolute Gasteiger partial charge is 0.380 e. The first kappa shape index (κ1) is 16.4. The molecule has 0 fully saturated rings. The van der Waals surface area contributed by atoms with E-state index in [2.05, 4.69) is 19.2 Å². The van der Waals surface area contributed by atoms with Crippen molar-refractivity contribution in [2.24, 2.45) is 5.92 Å². The van der Waals surface area contributed by atoms with Gasteiger partial charge in [-0.1, -0.05) is 26.3 Å². The molecule has 0 spiro atoms. The zero-order valence-corrected chi connectivity index (χ0v) is 12.5.